The van der Waals surface area contributed by atoms with Gasteiger partial charge in [-0.2, -0.15) is 0 Å². The number of nitrogens with two attached hydrogens (primary N) is 1. The number of ketones is 1. The van der Waals surface area contributed by atoms with Crippen LogP contribution in [0.15, 0.2) is 12.4 Å². The summed E-state index contributed by atoms with van der Waals surface area (Å²) < 4.78 is 10.5. The first-order valence-electron chi connectivity index (χ1n) is 4.94. The predicted molar refractivity (Wildman–Crippen MR) is 60.2 cm³/mol. The molecule has 0 fully saturated rings. The fraction of sp³-hybridized carbons (Fsp3) is 0.455. The number of pyridine rings is 1. The Morgan fingerprint density at radius 2 is 2.25 bits per heavy atom. The Kier molecular flexibility index (Phi) is 4.25. The van der Waals surface area contributed by atoms with Gasteiger partial charge in [0.1, 0.15) is 12.4 Å². The molecule has 0 aliphatic carbocycles. The number of aromatic nitrogens is 1. The lowest BCUT2D eigenvalue weighted by Gasteiger charge is -2.16. The summed E-state index contributed by atoms with van der Waals surface area (Å²) in [6.07, 6.45) is 2.86. The average Bonchev–Trinajstić information content (AvgIpc) is 2.25. The van der Waals surface area contributed by atoms with Gasteiger partial charge in [0.25, 0.3) is 0 Å². The summed E-state index contributed by atoms with van der Waals surface area (Å²) in [5.41, 5.74) is 7.01. The van der Waals surface area contributed by atoms with Gasteiger partial charge in [-0.1, -0.05) is 0 Å². The number of anilines is 1. The van der Waals surface area contributed by atoms with Crippen molar-refractivity contribution in [3.05, 3.63) is 18.0 Å². The van der Waals surface area contributed by atoms with Crippen LogP contribution < -0.4 is 10.5 Å². The van der Waals surface area contributed by atoms with Crippen LogP contribution in [0.3, 0.4) is 0 Å². The molecule has 0 aromatic carbocycles. The van der Waals surface area contributed by atoms with Crippen LogP contribution in [0, 0.1) is 0 Å². The van der Waals surface area contributed by atoms with E-state index < -0.39 is 0 Å². The van der Waals surface area contributed by atoms with Gasteiger partial charge in [0.15, 0.2) is 5.78 Å². The molecule has 0 bridgehead atoms. The molecule has 0 saturated carbocycles. The molecular weight excluding hydrogens is 208 g/mol. The monoisotopic (exact) mass is 224 g/mol. The average molecular weight is 224 g/mol. The third-order valence-corrected chi connectivity index (χ3v) is 2.17. The van der Waals surface area contributed by atoms with Gasteiger partial charge in [0, 0.05) is 12.7 Å². The Balaban J connectivity index is 2.98. The number of hydrogen-bond donors (Lipinski definition) is 1. The van der Waals surface area contributed by atoms with Gasteiger partial charge >= 0.3 is 0 Å². The fourth-order valence-electron chi connectivity index (χ4n) is 1.31. The van der Waals surface area contributed by atoms with E-state index in [1.807, 2.05) is 6.92 Å². The number of Topliss-reactive ketones (excluding diaryl/α,β-unsaturated/α-hetero) is 1. The topological polar surface area (TPSA) is 74.4 Å². The molecule has 0 aliphatic heterocycles. The fourth-order valence-corrected chi connectivity index (χ4v) is 1.31. The van der Waals surface area contributed by atoms with E-state index in [4.69, 9.17) is 15.2 Å². The van der Waals surface area contributed by atoms with Crippen molar-refractivity contribution in [2.45, 2.75) is 20.0 Å². The van der Waals surface area contributed by atoms with Crippen molar-refractivity contribution < 1.29 is 14.3 Å². The second-order valence-electron chi connectivity index (χ2n) is 3.51. The van der Waals surface area contributed by atoms with E-state index in [1.165, 1.54) is 19.3 Å². The summed E-state index contributed by atoms with van der Waals surface area (Å²) in [6.45, 7) is 3.32. The van der Waals surface area contributed by atoms with Crippen molar-refractivity contribution in [1.29, 1.82) is 0 Å². The van der Waals surface area contributed by atoms with Crippen molar-refractivity contribution in [1.82, 2.24) is 4.98 Å². The summed E-state index contributed by atoms with van der Waals surface area (Å²) in [5, 5.41) is 0. The number of ether oxygens (including phenoxy) is 2. The Morgan fingerprint density at radius 1 is 1.56 bits per heavy atom. The maximum atomic E-state index is 10.8. The number of hydrogen-bond acceptors (Lipinski definition) is 5. The van der Waals surface area contributed by atoms with Crippen LogP contribution in [-0.4, -0.2) is 24.5 Å². The van der Waals surface area contributed by atoms with Crippen molar-refractivity contribution in [3.8, 4) is 5.75 Å². The standard InChI is InChI=1S/C11H16N2O3/c1-7(14)6-16-10-5-13-4-9(12)11(10)8(2)15-3/h4-5,8H,6,12H2,1-3H3. The van der Waals surface area contributed by atoms with Crippen LogP contribution >= 0.6 is 0 Å². The lowest BCUT2D eigenvalue weighted by atomic mass is 10.1. The van der Waals surface area contributed by atoms with E-state index in [9.17, 15) is 4.79 Å². The molecule has 1 unspecified atom stereocenters. The molecule has 2 N–H and O–H groups in total. The first-order chi connectivity index (χ1) is 7.56. The molecule has 16 heavy (non-hydrogen) atoms. The number of rotatable bonds is 5. The van der Waals surface area contributed by atoms with Crippen molar-refractivity contribution in [3.63, 3.8) is 0 Å². The molecule has 1 aromatic heterocycles. The Labute approximate surface area is 94.6 Å². The minimum atomic E-state index is -0.204. The van der Waals surface area contributed by atoms with Gasteiger partial charge in [0.05, 0.1) is 24.2 Å². The van der Waals surface area contributed by atoms with Crippen molar-refractivity contribution in [2.75, 3.05) is 19.5 Å². The van der Waals surface area contributed by atoms with Gasteiger partial charge in [-0.25, -0.2) is 0 Å². The summed E-state index contributed by atoms with van der Waals surface area (Å²) >= 11 is 0. The second kappa shape index (κ2) is 5.46. The van der Waals surface area contributed by atoms with Crippen LogP contribution in [0.25, 0.3) is 0 Å². The number of carbonyl (C=O) groups is 1. The van der Waals surface area contributed by atoms with E-state index in [0.717, 1.165) is 5.56 Å². The highest BCUT2D eigenvalue weighted by Gasteiger charge is 2.15. The van der Waals surface area contributed by atoms with E-state index in [1.54, 1.807) is 7.11 Å². The molecule has 0 amide bonds. The SMILES string of the molecule is COC(C)c1c(N)cncc1OCC(C)=O. The van der Waals surface area contributed by atoms with E-state index in [-0.39, 0.29) is 18.5 Å². The van der Waals surface area contributed by atoms with Gasteiger partial charge < -0.3 is 15.2 Å². The minimum absolute atomic E-state index is 0.00850. The zero-order valence-corrected chi connectivity index (χ0v) is 9.69. The van der Waals surface area contributed by atoms with Crippen LogP contribution in [0.1, 0.15) is 25.5 Å². The van der Waals surface area contributed by atoms with Crippen LogP contribution in [0.2, 0.25) is 0 Å². The maximum absolute atomic E-state index is 10.8. The van der Waals surface area contributed by atoms with Gasteiger partial charge in [-0.15, -0.1) is 0 Å². The molecule has 1 heterocycles. The van der Waals surface area contributed by atoms with Crippen LogP contribution in [0.5, 0.6) is 5.75 Å². The predicted octanol–water partition coefficient (Wildman–Crippen LogP) is 1.34. The molecule has 88 valence electrons. The molecule has 0 spiro atoms. The molecule has 0 saturated heterocycles. The Morgan fingerprint density at radius 3 is 2.81 bits per heavy atom. The first-order valence-corrected chi connectivity index (χ1v) is 4.94. The number of nitrogen functional groups attached to an aromatic ring is 1. The number of methoxy groups -OCH3 is 1. The highest BCUT2D eigenvalue weighted by molar-refractivity contribution is 5.77. The van der Waals surface area contributed by atoms with E-state index in [2.05, 4.69) is 4.98 Å². The molecule has 1 rings (SSSR count). The minimum Gasteiger partial charge on any atom is -0.484 e. The summed E-state index contributed by atoms with van der Waals surface area (Å²) in [5.74, 6) is 0.433. The Hall–Kier alpha value is -1.62. The molecule has 1 atom stereocenters. The highest BCUT2D eigenvalue weighted by Crippen LogP contribution is 2.31. The molecule has 0 aliphatic rings. The van der Waals surface area contributed by atoms with Gasteiger partial charge in [-0.05, 0) is 13.8 Å². The quantitative estimate of drug-likeness (QED) is 0.816. The molecule has 5 nitrogen and oxygen atoms in total. The zero-order chi connectivity index (χ0) is 12.1. The van der Waals surface area contributed by atoms with Crippen molar-refractivity contribution >= 4 is 11.5 Å². The molecule has 1 aromatic rings. The van der Waals surface area contributed by atoms with E-state index >= 15 is 0 Å². The zero-order valence-electron chi connectivity index (χ0n) is 9.69. The summed E-state index contributed by atoms with van der Waals surface area (Å²) in [7, 11) is 1.58. The number of nitrogens with zero attached hydrogens (tertiary/aromatic N) is 1. The third-order valence-electron chi connectivity index (χ3n) is 2.17. The van der Waals surface area contributed by atoms with E-state index in [0.29, 0.717) is 11.4 Å². The molecular formula is C11H16N2O3. The lowest BCUT2D eigenvalue weighted by Crippen LogP contribution is -2.11. The van der Waals surface area contributed by atoms with Gasteiger partial charge in [-0.3, -0.25) is 9.78 Å². The summed E-state index contributed by atoms with van der Waals surface area (Å²) in [4.78, 5) is 14.8. The normalized spacial score (nSPS) is 12.2. The Bertz CT molecular complexity index is 379. The lowest BCUT2D eigenvalue weighted by molar-refractivity contribution is -0.118. The van der Waals surface area contributed by atoms with Crippen LogP contribution in [-0.2, 0) is 9.53 Å². The van der Waals surface area contributed by atoms with Crippen LogP contribution in [0.4, 0.5) is 5.69 Å². The first kappa shape index (κ1) is 12.4. The van der Waals surface area contributed by atoms with Crippen molar-refractivity contribution in [2.24, 2.45) is 0 Å². The summed E-state index contributed by atoms with van der Waals surface area (Å²) in [6, 6.07) is 0. The largest absolute Gasteiger partial charge is 0.484 e. The van der Waals surface area contributed by atoms with Gasteiger partial charge in [0.2, 0.25) is 0 Å². The second-order valence-corrected chi connectivity index (χ2v) is 3.51. The number of carbonyl (C=O) groups excluding carboxylic acids is 1. The smallest absolute Gasteiger partial charge is 0.167 e. The molecule has 5 heteroatoms. The maximum Gasteiger partial charge on any atom is 0.167 e. The highest BCUT2D eigenvalue weighted by atomic mass is 16.5. The third kappa shape index (κ3) is 2.93. The molecule has 0 radical (unpaired) electrons.